The van der Waals surface area contributed by atoms with Crippen LogP contribution < -0.4 is 0 Å². The van der Waals surface area contributed by atoms with E-state index >= 15 is 0 Å². The van der Waals surface area contributed by atoms with Gasteiger partial charge in [-0.15, -0.1) is 0 Å². The van der Waals surface area contributed by atoms with Crippen molar-refractivity contribution in [2.45, 2.75) is 0 Å². The zero-order valence-corrected chi connectivity index (χ0v) is 6.67. The van der Waals surface area contributed by atoms with E-state index in [-0.39, 0.29) is 20.5 Å². The molecule has 0 aliphatic carbocycles. The molecule has 9 heavy (non-hydrogen) atoms. The van der Waals surface area contributed by atoms with Gasteiger partial charge in [-0.05, 0) is 0 Å². The second-order valence-corrected chi connectivity index (χ2v) is 3.46. The molecule has 3 heteroatoms. The average Bonchev–Trinajstić information content (AvgIpc) is 2.37. The Kier molecular flexibility index (Phi) is 2.09. The van der Waals surface area contributed by atoms with Crippen LogP contribution in [0.15, 0.2) is 17.1 Å². The number of carbonyl (C=O) groups is 1. The molecule has 0 aromatic carbocycles. The van der Waals surface area contributed by atoms with Crippen LogP contribution in [0.25, 0.3) is 0 Å². The van der Waals surface area contributed by atoms with Gasteiger partial charge in [0.25, 0.3) is 0 Å². The van der Waals surface area contributed by atoms with E-state index in [1.165, 1.54) is 7.11 Å². The van der Waals surface area contributed by atoms with E-state index in [9.17, 15) is 4.79 Å². The second kappa shape index (κ2) is 2.85. The Morgan fingerprint density at radius 2 is 2.56 bits per heavy atom. The van der Waals surface area contributed by atoms with Crippen LogP contribution in [-0.4, -0.2) is 27.6 Å². The topological polar surface area (TPSA) is 26.3 Å². The minimum atomic E-state index is -0.194. The Labute approximate surface area is 59.2 Å². The zero-order chi connectivity index (χ0) is 6.69. The van der Waals surface area contributed by atoms with Gasteiger partial charge in [0.05, 0.1) is 0 Å². The van der Waals surface area contributed by atoms with Crippen LogP contribution >= 0.6 is 0 Å². The molecule has 0 spiro atoms. The number of ether oxygens (including phenoxy) is 1. The molecule has 0 bridgehead atoms. The molecule has 0 saturated carbocycles. The van der Waals surface area contributed by atoms with Crippen molar-refractivity contribution >= 4 is 20.5 Å². The molecule has 0 saturated heterocycles. The molecule has 0 aliphatic rings. The molecule has 1 heterocycles. The van der Waals surface area contributed by atoms with Crippen molar-refractivity contribution in [2.75, 3.05) is 7.11 Å². The monoisotopic (exact) mass is 190 g/mol. The van der Waals surface area contributed by atoms with Crippen LogP contribution in [0.5, 0.6) is 0 Å². The summed E-state index contributed by atoms with van der Waals surface area (Å²) in [5.74, 6) is -0.194. The fraction of sp³-hybridized carbons (Fsp3) is 0.167. The molecule has 0 fully saturated rings. The summed E-state index contributed by atoms with van der Waals surface area (Å²) in [7, 11) is 1.40. The average molecular weight is 189 g/mol. The van der Waals surface area contributed by atoms with E-state index in [0.717, 1.165) is 4.44 Å². The first-order chi connectivity index (χ1) is 4.34. The van der Waals surface area contributed by atoms with Gasteiger partial charge in [0.1, 0.15) is 0 Å². The molecule has 0 amide bonds. The third-order valence-electron chi connectivity index (χ3n) is 0.908. The van der Waals surface area contributed by atoms with Crippen molar-refractivity contribution < 1.29 is 9.53 Å². The predicted octanol–water partition coefficient (Wildman–Crippen LogP) is 0.530. The minimum absolute atomic E-state index is 0.194. The summed E-state index contributed by atoms with van der Waals surface area (Å²) in [6.45, 7) is 0. The zero-order valence-electron chi connectivity index (χ0n) is 4.96. The SMILES string of the molecule is COC(=O)c1ccc[se]1. The van der Waals surface area contributed by atoms with Crippen LogP contribution in [0.2, 0.25) is 0 Å². The molecule has 1 rings (SSSR count). The van der Waals surface area contributed by atoms with Gasteiger partial charge in [0, 0.05) is 0 Å². The van der Waals surface area contributed by atoms with Crippen molar-refractivity contribution in [3.05, 3.63) is 21.5 Å². The van der Waals surface area contributed by atoms with Gasteiger partial charge in [-0.25, -0.2) is 0 Å². The number of methoxy groups -OCH3 is 1. The Balaban J connectivity index is 2.77. The van der Waals surface area contributed by atoms with Gasteiger partial charge < -0.3 is 0 Å². The van der Waals surface area contributed by atoms with Crippen LogP contribution in [0, 0.1) is 0 Å². The van der Waals surface area contributed by atoms with Crippen LogP contribution in [-0.2, 0) is 4.74 Å². The molecular formula is C6H6O2Se. The first-order valence-corrected chi connectivity index (χ1v) is 4.31. The number of carbonyl (C=O) groups excluding carboxylic acids is 1. The summed E-state index contributed by atoms with van der Waals surface area (Å²) in [5, 5.41) is 0. The standard InChI is InChI=1S/C6H6O2Se/c1-8-6(7)5-3-2-4-9-5/h2-4H,1H3. The molecule has 0 atom stereocenters. The van der Waals surface area contributed by atoms with Gasteiger partial charge >= 0.3 is 58.6 Å². The van der Waals surface area contributed by atoms with E-state index in [2.05, 4.69) is 4.74 Å². The third kappa shape index (κ3) is 1.44. The van der Waals surface area contributed by atoms with Gasteiger partial charge in [-0.2, -0.15) is 0 Å². The maximum absolute atomic E-state index is 10.7. The van der Waals surface area contributed by atoms with E-state index in [0.29, 0.717) is 0 Å². The van der Waals surface area contributed by atoms with Crippen molar-refractivity contribution in [3.8, 4) is 0 Å². The first kappa shape index (κ1) is 6.59. The van der Waals surface area contributed by atoms with E-state index < -0.39 is 0 Å². The first-order valence-electron chi connectivity index (χ1n) is 2.46. The Morgan fingerprint density at radius 1 is 1.78 bits per heavy atom. The van der Waals surface area contributed by atoms with E-state index in [1.807, 2.05) is 11.0 Å². The van der Waals surface area contributed by atoms with Gasteiger partial charge in [0.15, 0.2) is 0 Å². The Bertz CT molecular complexity index is 191. The molecule has 1 aromatic rings. The van der Waals surface area contributed by atoms with Crippen LogP contribution in [0.3, 0.4) is 0 Å². The number of rotatable bonds is 1. The van der Waals surface area contributed by atoms with Crippen molar-refractivity contribution in [2.24, 2.45) is 0 Å². The number of hydrogen-bond donors (Lipinski definition) is 0. The molecular weight excluding hydrogens is 183 g/mol. The van der Waals surface area contributed by atoms with E-state index in [1.54, 1.807) is 6.07 Å². The second-order valence-electron chi connectivity index (χ2n) is 1.47. The predicted molar refractivity (Wildman–Crippen MR) is 34.7 cm³/mol. The summed E-state index contributed by atoms with van der Waals surface area (Å²) >= 11 is 0.215. The summed E-state index contributed by atoms with van der Waals surface area (Å²) in [6, 6.07) is 3.68. The molecule has 2 nitrogen and oxygen atoms in total. The quantitative estimate of drug-likeness (QED) is 0.475. The molecule has 0 unspecified atom stereocenters. The summed E-state index contributed by atoms with van der Waals surface area (Å²) in [4.78, 5) is 12.7. The summed E-state index contributed by atoms with van der Waals surface area (Å²) in [5.41, 5.74) is 0. The fourth-order valence-electron chi connectivity index (χ4n) is 0.495. The van der Waals surface area contributed by atoms with Crippen LogP contribution in [0.1, 0.15) is 9.23 Å². The molecule has 0 radical (unpaired) electrons. The fourth-order valence-corrected chi connectivity index (χ4v) is 1.84. The Morgan fingerprint density at radius 3 is 3.00 bits per heavy atom. The summed E-state index contributed by atoms with van der Waals surface area (Å²) in [6.07, 6.45) is 0. The molecule has 0 N–H and O–H groups in total. The number of hydrogen-bond acceptors (Lipinski definition) is 2. The molecule has 1 aromatic heterocycles. The Hall–Kier alpha value is -0.531. The van der Waals surface area contributed by atoms with Crippen LogP contribution in [0.4, 0.5) is 0 Å². The van der Waals surface area contributed by atoms with Crippen molar-refractivity contribution in [1.29, 1.82) is 0 Å². The normalized spacial score (nSPS) is 9.00. The molecule has 0 aliphatic heterocycles. The molecule has 48 valence electrons. The maximum atomic E-state index is 10.7. The van der Waals surface area contributed by atoms with E-state index in [4.69, 9.17) is 0 Å². The van der Waals surface area contributed by atoms with Gasteiger partial charge in [-0.3, -0.25) is 0 Å². The summed E-state index contributed by atoms with van der Waals surface area (Å²) < 4.78 is 5.30. The van der Waals surface area contributed by atoms with Crippen molar-refractivity contribution in [1.82, 2.24) is 0 Å². The van der Waals surface area contributed by atoms with Gasteiger partial charge in [-0.1, -0.05) is 0 Å². The van der Waals surface area contributed by atoms with Gasteiger partial charge in [0.2, 0.25) is 0 Å². The third-order valence-corrected chi connectivity index (χ3v) is 2.69. The number of esters is 1. The van der Waals surface area contributed by atoms with Crippen molar-refractivity contribution in [3.63, 3.8) is 0 Å².